The lowest BCUT2D eigenvalue weighted by molar-refractivity contribution is 0.0526. The number of hydrogen-bond acceptors (Lipinski definition) is 8. The highest BCUT2D eigenvalue weighted by atomic mass is 32.2. The summed E-state index contributed by atoms with van der Waals surface area (Å²) in [6.45, 7) is 3.93. The highest BCUT2D eigenvalue weighted by molar-refractivity contribution is 7.91. The van der Waals surface area contributed by atoms with Crippen molar-refractivity contribution in [2.24, 2.45) is 0 Å². The van der Waals surface area contributed by atoms with Gasteiger partial charge in [0.2, 0.25) is 0 Å². The molecule has 1 N–H and O–H groups in total. The molecule has 0 spiro atoms. The molecule has 172 valence electrons. The zero-order valence-corrected chi connectivity index (χ0v) is 19.6. The topological polar surface area (TPSA) is 119 Å². The second kappa shape index (κ2) is 9.70. The van der Waals surface area contributed by atoms with Gasteiger partial charge in [-0.3, -0.25) is 4.79 Å². The molecule has 9 nitrogen and oxygen atoms in total. The molecule has 2 aromatic rings. The zero-order chi connectivity index (χ0) is 23.5. The first-order valence-electron chi connectivity index (χ1n) is 10.0. The Morgan fingerprint density at radius 3 is 2.56 bits per heavy atom. The van der Waals surface area contributed by atoms with E-state index in [9.17, 15) is 22.8 Å². The molecule has 0 fully saturated rings. The molecule has 1 aromatic carbocycles. The van der Waals surface area contributed by atoms with E-state index in [4.69, 9.17) is 9.47 Å². The molecule has 1 aliphatic heterocycles. The van der Waals surface area contributed by atoms with Gasteiger partial charge in [0, 0.05) is 11.4 Å². The Labute approximate surface area is 190 Å². The Bertz CT molecular complexity index is 1150. The fourth-order valence-electron chi connectivity index (χ4n) is 3.45. The minimum Gasteiger partial charge on any atom is -0.462 e. The molecule has 11 heteroatoms. The molecule has 1 aliphatic rings. The van der Waals surface area contributed by atoms with Crippen LogP contribution in [0.15, 0.2) is 29.2 Å². The van der Waals surface area contributed by atoms with E-state index in [0.29, 0.717) is 18.5 Å². The summed E-state index contributed by atoms with van der Waals surface area (Å²) < 4.78 is 34.8. The normalized spacial score (nSPS) is 13.3. The van der Waals surface area contributed by atoms with Crippen LogP contribution in [0.25, 0.3) is 0 Å². The predicted octanol–water partition coefficient (Wildman–Crippen LogP) is 3.10. The van der Waals surface area contributed by atoms with E-state index >= 15 is 0 Å². The van der Waals surface area contributed by atoms with Crippen molar-refractivity contribution >= 4 is 44.1 Å². The third kappa shape index (κ3) is 4.63. The van der Waals surface area contributed by atoms with E-state index in [-0.39, 0.29) is 39.9 Å². The standard InChI is InChI=1S/C21H24N2O7S2/c1-4-30-20(25)17-13-10-11-23(21(26)29-3)12-15(13)31-19(17)22-18(24)14-8-6-7-9-16(14)32(27,28)5-2/h6-9H,4-5,10-12H2,1-3H3,(H,22,24). The lowest BCUT2D eigenvalue weighted by Crippen LogP contribution is -2.35. The number of ether oxygens (including phenoxy) is 2. The molecule has 0 bridgehead atoms. The molecule has 0 radical (unpaired) electrons. The molecule has 0 atom stereocenters. The predicted molar refractivity (Wildman–Crippen MR) is 119 cm³/mol. The van der Waals surface area contributed by atoms with Gasteiger partial charge in [-0.2, -0.15) is 0 Å². The first kappa shape index (κ1) is 23.7. The second-order valence-electron chi connectivity index (χ2n) is 6.92. The Kier molecular flexibility index (Phi) is 7.19. The molecule has 0 aliphatic carbocycles. The molecule has 0 saturated carbocycles. The fourth-order valence-corrected chi connectivity index (χ4v) is 5.79. The smallest absolute Gasteiger partial charge is 0.409 e. The van der Waals surface area contributed by atoms with Gasteiger partial charge in [0.25, 0.3) is 5.91 Å². The van der Waals surface area contributed by atoms with Crippen LogP contribution >= 0.6 is 11.3 Å². The minimum absolute atomic E-state index is 0.00767. The Hall–Kier alpha value is -2.92. The summed E-state index contributed by atoms with van der Waals surface area (Å²) in [5, 5.41) is 2.96. The fraction of sp³-hybridized carbons (Fsp3) is 0.381. The van der Waals surface area contributed by atoms with Crippen molar-refractivity contribution in [2.45, 2.75) is 31.7 Å². The van der Waals surface area contributed by atoms with Crippen molar-refractivity contribution in [2.75, 3.05) is 31.3 Å². The van der Waals surface area contributed by atoms with Gasteiger partial charge in [-0.1, -0.05) is 19.1 Å². The highest BCUT2D eigenvalue weighted by Crippen LogP contribution is 2.38. The van der Waals surface area contributed by atoms with E-state index in [1.807, 2.05) is 0 Å². The van der Waals surface area contributed by atoms with Crippen molar-refractivity contribution in [3.05, 3.63) is 45.8 Å². The average Bonchev–Trinajstić information content (AvgIpc) is 3.15. The summed E-state index contributed by atoms with van der Waals surface area (Å²) >= 11 is 1.16. The van der Waals surface area contributed by atoms with Gasteiger partial charge in [0.15, 0.2) is 9.84 Å². The number of esters is 1. The van der Waals surface area contributed by atoms with Crippen LogP contribution in [0.2, 0.25) is 0 Å². The number of methoxy groups -OCH3 is 1. The lowest BCUT2D eigenvalue weighted by Gasteiger charge is -2.25. The van der Waals surface area contributed by atoms with E-state index in [0.717, 1.165) is 16.2 Å². The summed E-state index contributed by atoms with van der Waals surface area (Å²) in [4.78, 5) is 39.8. The number of amides is 2. The molecule has 32 heavy (non-hydrogen) atoms. The first-order chi connectivity index (χ1) is 15.2. The van der Waals surface area contributed by atoms with Crippen LogP contribution in [0.1, 0.15) is 45.0 Å². The number of nitrogens with one attached hydrogen (secondary N) is 1. The second-order valence-corrected chi connectivity index (χ2v) is 10.3. The van der Waals surface area contributed by atoms with Crippen molar-refractivity contribution in [3.8, 4) is 0 Å². The molecule has 0 saturated heterocycles. The maximum atomic E-state index is 13.1. The van der Waals surface area contributed by atoms with Crippen molar-refractivity contribution in [1.82, 2.24) is 4.90 Å². The average molecular weight is 481 g/mol. The molecule has 3 rings (SSSR count). The molecular weight excluding hydrogens is 456 g/mol. The lowest BCUT2D eigenvalue weighted by atomic mass is 10.0. The monoisotopic (exact) mass is 480 g/mol. The summed E-state index contributed by atoms with van der Waals surface area (Å²) in [6, 6.07) is 5.93. The van der Waals surface area contributed by atoms with Gasteiger partial charge in [-0.05, 0) is 31.0 Å². The van der Waals surface area contributed by atoms with Crippen LogP contribution in [0.3, 0.4) is 0 Å². The highest BCUT2D eigenvalue weighted by Gasteiger charge is 2.32. The molecule has 2 heterocycles. The van der Waals surface area contributed by atoms with E-state index < -0.39 is 27.8 Å². The van der Waals surface area contributed by atoms with Gasteiger partial charge >= 0.3 is 12.1 Å². The van der Waals surface area contributed by atoms with E-state index in [1.165, 1.54) is 31.1 Å². The van der Waals surface area contributed by atoms with E-state index in [2.05, 4.69) is 5.32 Å². The number of nitrogens with zero attached hydrogens (tertiary/aromatic N) is 1. The number of thiophene rings is 1. The van der Waals surface area contributed by atoms with Crippen LogP contribution < -0.4 is 5.32 Å². The third-order valence-corrected chi connectivity index (χ3v) is 7.96. The van der Waals surface area contributed by atoms with Crippen LogP contribution in [0.4, 0.5) is 9.80 Å². The number of sulfone groups is 1. The number of fused-ring (bicyclic) bond motifs is 1. The Morgan fingerprint density at radius 1 is 1.19 bits per heavy atom. The number of rotatable bonds is 6. The molecule has 2 amide bonds. The van der Waals surface area contributed by atoms with E-state index in [1.54, 1.807) is 19.1 Å². The molecule has 0 unspecified atom stereocenters. The Balaban J connectivity index is 2.00. The maximum Gasteiger partial charge on any atom is 0.409 e. The summed E-state index contributed by atoms with van der Waals surface area (Å²) in [7, 11) is -2.33. The zero-order valence-electron chi connectivity index (χ0n) is 18.0. The number of carbonyl (C=O) groups is 3. The van der Waals surface area contributed by atoms with Crippen molar-refractivity contribution < 1.29 is 32.3 Å². The first-order valence-corrected chi connectivity index (χ1v) is 12.5. The van der Waals surface area contributed by atoms with Gasteiger partial charge in [0.1, 0.15) is 5.00 Å². The minimum atomic E-state index is -3.63. The van der Waals surface area contributed by atoms with Gasteiger partial charge in [0.05, 0.1) is 42.0 Å². The van der Waals surface area contributed by atoms with Gasteiger partial charge < -0.3 is 19.7 Å². The van der Waals surface area contributed by atoms with Crippen LogP contribution in [0.5, 0.6) is 0 Å². The van der Waals surface area contributed by atoms with Crippen LogP contribution in [-0.2, 0) is 32.3 Å². The number of benzene rings is 1. The number of anilines is 1. The van der Waals surface area contributed by atoms with Crippen molar-refractivity contribution in [3.63, 3.8) is 0 Å². The number of hydrogen-bond donors (Lipinski definition) is 1. The maximum absolute atomic E-state index is 13.1. The van der Waals surface area contributed by atoms with Gasteiger partial charge in [-0.15, -0.1) is 11.3 Å². The van der Waals surface area contributed by atoms with Gasteiger partial charge in [-0.25, -0.2) is 18.0 Å². The summed E-state index contributed by atoms with van der Waals surface area (Å²) in [5.74, 6) is -1.38. The van der Waals surface area contributed by atoms with Crippen molar-refractivity contribution in [1.29, 1.82) is 0 Å². The largest absolute Gasteiger partial charge is 0.462 e. The Morgan fingerprint density at radius 2 is 1.91 bits per heavy atom. The molecule has 1 aromatic heterocycles. The number of carbonyl (C=O) groups excluding carboxylic acids is 3. The van der Waals surface area contributed by atoms with Crippen LogP contribution in [-0.4, -0.2) is 57.3 Å². The molecular formula is C21H24N2O7S2. The summed E-state index contributed by atoms with van der Waals surface area (Å²) in [5.41, 5.74) is 0.936. The summed E-state index contributed by atoms with van der Waals surface area (Å²) in [6.07, 6.45) is -0.0859. The third-order valence-electron chi connectivity index (χ3n) is 5.04. The SMILES string of the molecule is CCOC(=O)c1c(NC(=O)c2ccccc2S(=O)(=O)CC)sc2c1CCN(C(=O)OC)C2. The quantitative estimate of drug-likeness (QED) is 0.631. The van der Waals surface area contributed by atoms with Crippen LogP contribution in [0, 0.1) is 0 Å².